The van der Waals surface area contributed by atoms with Gasteiger partial charge in [-0.1, -0.05) is 176 Å². The van der Waals surface area contributed by atoms with Gasteiger partial charge in [-0.25, -0.2) is 0 Å². The molecule has 0 spiro atoms. The molecule has 0 aliphatic carbocycles. The average molecular weight is 940 g/mol. The van der Waals surface area contributed by atoms with Gasteiger partial charge in [-0.05, 0) is 45.2 Å². The smallest absolute Gasteiger partial charge is 0.306 e. The lowest BCUT2D eigenvalue weighted by atomic mass is 10.1. The SMILES string of the molecule is CCCCCCCCC.CCCCCCCCC(=O)OCC(COC(=O)CCCCCCCC)OC.[B]N(CCCC=O)CCCC(=O)OC(COC=O)COC(=O)CCCCCCCC. The van der Waals surface area contributed by atoms with Gasteiger partial charge in [0.25, 0.3) is 6.47 Å². The van der Waals surface area contributed by atoms with Crippen LogP contribution in [0.2, 0.25) is 0 Å². The van der Waals surface area contributed by atoms with Crippen LogP contribution in [-0.4, -0.2) is 108 Å². The molecule has 386 valence electrons. The fraction of sp³-hybridized carbons (Fsp3) is 0.885. The van der Waals surface area contributed by atoms with E-state index in [-0.39, 0.29) is 57.2 Å². The van der Waals surface area contributed by atoms with Gasteiger partial charge in [-0.2, -0.15) is 0 Å². The fourth-order valence-electron chi connectivity index (χ4n) is 6.56. The number of methoxy groups -OCH3 is 1. The van der Waals surface area contributed by atoms with E-state index in [1.807, 2.05) is 0 Å². The van der Waals surface area contributed by atoms with Crippen molar-refractivity contribution in [1.82, 2.24) is 4.81 Å². The molecule has 13 nitrogen and oxygen atoms in total. The molecule has 0 saturated heterocycles. The molecule has 14 heteroatoms. The molecule has 0 aromatic carbocycles. The quantitative estimate of drug-likeness (QED) is 0.0187. The van der Waals surface area contributed by atoms with Crippen LogP contribution in [0.3, 0.4) is 0 Å². The monoisotopic (exact) mass is 940 g/mol. The number of hydrogen-bond donors (Lipinski definition) is 0. The van der Waals surface area contributed by atoms with Crippen LogP contribution >= 0.6 is 0 Å². The normalized spacial score (nSPS) is 11.2. The number of rotatable bonds is 46. The van der Waals surface area contributed by atoms with Crippen LogP contribution in [0.5, 0.6) is 0 Å². The average Bonchev–Trinajstić information content (AvgIpc) is 3.31. The number of hydrogen-bond acceptors (Lipinski definition) is 13. The van der Waals surface area contributed by atoms with E-state index in [1.54, 1.807) is 4.81 Å². The fourth-order valence-corrected chi connectivity index (χ4v) is 6.56. The van der Waals surface area contributed by atoms with Crippen molar-refractivity contribution in [2.45, 2.75) is 252 Å². The van der Waals surface area contributed by atoms with Gasteiger partial charge in [-0.3, -0.25) is 24.0 Å². The van der Waals surface area contributed by atoms with E-state index < -0.39 is 18.2 Å². The summed E-state index contributed by atoms with van der Waals surface area (Å²) < 4.78 is 30.8. The lowest BCUT2D eigenvalue weighted by molar-refractivity contribution is -0.164. The van der Waals surface area contributed by atoms with Crippen molar-refractivity contribution in [3.8, 4) is 0 Å². The summed E-state index contributed by atoms with van der Waals surface area (Å²) in [7, 11) is 7.31. The first kappa shape index (κ1) is 67.3. The minimum Gasteiger partial charge on any atom is -0.464 e. The highest BCUT2D eigenvalue weighted by Crippen LogP contribution is 2.11. The van der Waals surface area contributed by atoms with E-state index in [9.17, 15) is 28.8 Å². The van der Waals surface area contributed by atoms with E-state index in [2.05, 4.69) is 39.4 Å². The van der Waals surface area contributed by atoms with Gasteiger partial charge in [0.05, 0.1) is 0 Å². The lowest BCUT2D eigenvalue weighted by Gasteiger charge is -2.18. The summed E-state index contributed by atoms with van der Waals surface area (Å²) in [4.78, 5) is 69.6. The highest BCUT2D eigenvalue weighted by atomic mass is 16.6. The predicted molar refractivity (Wildman–Crippen MR) is 265 cm³/mol. The molecule has 0 saturated carbocycles. The molecular weight excluding hydrogens is 841 g/mol. The molecule has 0 rings (SSSR count). The number of ether oxygens (including phenoxy) is 6. The maximum absolute atomic E-state index is 12.0. The molecule has 2 radical (unpaired) electrons. The molecular formula is C52H98BNO12. The third-order valence-electron chi connectivity index (χ3n) is 10.8. The highest BCUT2D eigenvalue weighted by Gasteiger charge is 2.18. The first-order valence-electron chi connectivity index (χ1n) is 26.3. The Morgan fingerprint density at radius 3 is 1.12 bits per heavy atom. The zero-order valence-electron chi connectivity index (χ0n) is 43.1. The van der Waals surface area contributed by atoms with E-state index in [0.29, 0.717) is 51.6 Å². The number of esters is 4. The van der Waals surface area contributed by atoms with Crippen LogP contribution in [0.25, 0.3) is 0 Å². The molecule has 0 aliphatic heterocycles. The lowest BCUT2D eigenvalue weighted by Crippen LogP contribution is -2.30. The first-order chi connectivity index (χ1) is 32.1. The Morgan fingerprint density at radius 1 is 0.439 bits per heavy atom. The van der Waals surface area contributed by atoms with Crippen molar-refractivity contribution in [1.29, 1.82) is 0 Å². The summed E-state index contributed by atoms with van der Waals surface area (Å²) in [6.45, 7) is 12.3. The number of aldehydes is 1. The molecule has 66 heavy (non-hydrogen) atoms. The Bertz CT molecular complexity index is 1060. The molecule has 0 aliphatic rings. The van der Waals surface area contributed by atoms with Gasteiger partial charge in [0.15, 0.2) is 14.1 Å². The summed E-state index contributed by atoms with van der Waals surface area (Å²) >= 11 is 0. The molecule has 0 fully saturated rings. The zero-order valence-corrected chi connectivity index (χ0v) is 43.1. The number of carbonyl (C=O) groups excluding carboxylic acids is 6. The van der Waals surface area contributed by atoms with Gasteiger partial charge in [-0.15, -0.1) is 0 Å². The number of nitrogens with zero attached hydrogens (tertiary/aromatic N) is 1. The van der Waals surface area contributed by atoms with Crippen molar-refractivity contribution in [3.05, 3.63) is 0 Å². The highest BCUT2D eigenvalue weighted by molar-refractivity contribution is 6.04. The summed E-state index contributed by atoms with van der Waals surface area (Å²) in [6.07, 6.45) is 32.6. The Kier molecular flexibility index (Phi) is 57.4. The third kappa shape index (κ3) is 55.3. The predicted octanol–water partition coefficient (Wildman–Crippen LogP) is 11.9. The second kappa shape index (κ2) is 56.3. The van der Waals surface area contributed by atoms with Crippen LogP contribution in [0.15, 0.2) is 0 Å². The largest absolute Gasteiger partial charge is 0.464 e. The second-order valence-electron chi connectivity index (χ2n) is 17.2. The van der Waals surface area contributed by atoms with Crippen molar-refractivity contribution in [2.75, 3.05) is 46.6 Å². The molecule has 1 unspecified atom stereocenters. The summed E-state index contributed by atoms with van der Waals surface area (Å²) in [6, 6.07) is 0. The van der Waals surface area contributed by atoms with Gasteiger partial charge in [0.1, 0.15) is 38.8 Å². The Hall–Kier alpha value is -3.00. The maximum Gasteiger partial charge on any atom is 0.306 e. The van der Waals surface area contributed by atoms with E-state index >= 15 is 0 Å². The Morgan fingerprint density at radius 2 is 0.773 bits per heavy atom. The topological polar surface area (TPSA) is 161 Å². The third-order valence-corrected chi connectivity index (χ3v) is 10.8. The van der Waals surface area contributed by atoms with Crippen LogP contribution in [-0.2, 0) is 57.2 Å². The van der Waals surface area contributed by atoms with Gasteiger partial charge in [0, 0.05) is 39.2 Å². The zero-order chi connectivity index (χ0) is 49.6. The van der Waals surface area contributed by atoms with Crippen molar-refractivity contribution >= 4 is 44.6 Å². The minimum atomic E-state index is -0.835. The first-order valence-corrected chi connectivity index (χ1v) is 26.3. The molecule has 1 atom stereocenters. The summed E-state index contributed by atoms with van der Waals surface area (Å²) in [5.41, 5.74) is 0. The molecule has 0 heterocycles. The Balaban J connectivity index is -0.00000102. The molecule has 0 aromatic rings. The number of carbonyl (C=O) groups is 6. The molecule has 0 N–H and O–H groups in total. The molecule has 0 bridgehead atoms. The van der Waals surface area contributed by atoms with Crippen molar-refractivity contribution < 1.29 is 57.2 Å². The summed E-state index contributed by atoms with van der Waals surface area (Å²) in [5, 5.41) is 0. The van der Waals surface area contributed by atoms with Gasteiger partial charge >= 0.3 is 23.9 Å². The molecule has 0 aromatic heterocycles. The second-order valence-corrected chi connectivity index (χ2v) is 17.2. The van der Waals surface area contributed by atoms with E-state index in [1.165, 1.54) is 123 Å². The van der Waals surface area contributed by atoms with E-state index in [0.717, 1.165) is 51.2 Å². The van der Waals surface area contributed by atoms with Crippen LogP contribution in [0.1, 0.15) is 240 Å². The van der Waals surface area contributed by atoms with Gasteiger partial charge in [0.2, 0.25) is 0 Å². The van der Waals surface area contributed by atoms with Crippen LogP contribution < -0.4 is 0 Å². The number of unbranched alkanes of at least 4 members (excludes halogenated alkanes) is 22. The molecule has 0 amide bonds. The van der Waals surface area contributed by atoms with Gasteiger partial charge < -0.3 is 38.0 Å². The Labute approximate surface area is 404 Å². The van der Waals surface area contributed by atoms with Crippen LogP contribution in [0.4, 0.5) is 0 Å². The van der Waals surface area contributed by atoms with Crippen LogP contribution in [0, 0.1) is 0 Å². The maximum atomic E-state index is 12.0. The summed E-state index contributed by atoms with van der Waals surface area (Å²) in [5.74, 6) is -1.24. The standard InChI is InChI=1S/C22H42O5.C21H36BNO7.C9H20/c1-4-6-8-10-12-14-16-21(23)26-18-20(25-3)19-27-22(24)17-15-13-11-9-7-5-2;1-2-3-4-5-6-7-11-20(26)29-17-19(16-28-18-25)30-21(27)12-10-14-23(22)13-8-9-15-24;1-3-5-7-9-8-6-4-2/h20H,4-19H2,1-3H3;15,18-19H,2-14,16-17H2,1H3;3-9H2,1-2H3. The minimum absolute atomic E-state index is 0.130. The van der Waals surface area contributed by atoms with Crippen molar-refractivity contribution in [2.24, 2.45) is 0 Å². The van der Waals surface area contributed by atoms with Crippen molar-refractivity contribution in [3.63, 3.8) is 0 Å². The van der Waals surface area contributed by atoms with E-state index in [4.69, 9.17) is 31.7 Å².